The molecule has 0 spiro atoms. The van der Waals surface area contributed by atoms with Gasteiger partial charge in [-0.15, -0.1) is 11.3 Å². The Labute approximate surface area is 121 Å². The third-order valence-electron chi connectivity index (χ3n) is 3.47. The van der Waals surface area contributed by atoms with Crippen molar-refractivity contribution >= 4 is 22.8 Å². The van der Waals surface area contributed by atoms with Gasteiger partial charge in [-0.1, -0.05) is 0 Å². The number of pyridine rings is 1. The van der Waals surface area contributed by atoms with Crippen LogP contribution in [0.3, 0.4) is 0 Å². The van der Waals surface area contributed by atoms with Gasteiger partial charge >= 0.3 is 0 Å². The highest BCUT2D eigenvalue weighted by Gasteiger charge is 2.28. The fraction of sp³-hybridized carbons (Fsp3) is 0.250. The van der Waals surface area contributed by atoms with Gasteiger partial charge in [0.15, 0.2) is 18.2 Å². The Bertz CT molecular complexity index is 683. The maximum absolute atomic E-state index is 11.9. The Hall–Kier alpha value is -1.94. The summed E-state index contributed by atoms with van der Waals surface area (Å²) in [6, 6.07) is 8.16. The van der Waals surface area contributed by atoms with Crippen molar-refractivity contribution in [3.8, 4) is 10.4 Å². The van der Waals surface area contributed by atoms with Crippen molar-refractivity contribution in [1.29, 1.82) is 0 Å². The standard InChI is InChI=1S/C16H15NO2S/c1-11-5-6-15(20-11)12-7-9-17(10-8-12)16-13(18)3-2-4-14(16)19/h5-10H,2-4H2,1H3/p+1. The molecule has 2 aromatic heterocycles. The molecular weight excluding hydrogens is 270 g/mol. The molecule has 1 aliphatic rings. The fourth-order valence-electron chi connectivity index (χ4n) is 2.44. The lowest BCUT2D eigenvalue weighted by Gasteiger charge is -2.09. The molecule has 3 rings (SSSR count). The molecule has 0 bridgehead atoms. The van der Waals surface area contributed by atoms with Crippen LogP contribution in [0, 0.1) is 6.92 Å². The second kappa shape index (κ2) is 5.21. The number of hydrogen-bond acceptors (Lipinski definition) is 3. The van der Waals surface area contributed by atoms with Gasteiger partial charge in [-0.2, -0.15) is 4.57 Å². The van der Waals surface area contributed by atoms with Gasteiger partial charge in [-0.25, -0.2) is 0 Å². The van der Waals surface area contributed by atoms with E-state index in [0.29, 0.717) is 18.5 Å². The van der Waals surface area contributed by atoms with Gasteiger partial charge in [-0.05, 0) is 25.5 Å². The van der Waals surface area contributed by atoms with Crippen molar-refractivity contribution in [2.45, 2.75) is 26.2 Å². The predicted octanol–water partition coefficient (Wildman–Crippen LogP) is 3.49. The van der Waals surface area contributed by atoms with Crippen molar-refractivity contribution in [3.63, 3.8) is 0 Å². The second-order valence-electron chi connectivity index (χ2n) is 4.98. The number of aryl methyl sites for hydroxylation is 1. The van der Waals surface area contributed by atoms with Crippen LogP contribution in [0.15, 0.2) is 42.4 Å². The SMILES string of the molecule is Cc1ccc(-c2cc[n+](C3=C(O)CCCC3=O)cc2)s1. The molecule has 0 unspecified atom stereocenters. The molecule has 1 N–H and O–H groups in total. The topological polar surface area (TPSA) is 41.2 Å². The average molecular weight is 286 g/mol. The van der Waals surface area contributed by atoms with E-state index in [2.05, 4.69) is 19.1 Å². The number of carbonyl (C=O) groups is 1. The Morgan fingerprint density at radius 1 is 1.15 bits per heavy atom. The molecule has 0 amide bonds. The number of aromatic nitrogens is 1. The molecule has 4 heteroatoms. The molecule has 1 aliphatic carbocycles. The van der Waals surface area contributed by atoms with Crippen molar-refractivity contribution in [2.24, 2.45) is 0 Å². The quantitative estimate of drug-likeness (QED) is 0.859. The molecule has 2 heterocycles. The molecule has 0 saturated heterocycles. The smallest absolute Gasteiger partial charge is 0.291 e. The first-order valence-corrected chi connectivity index (χ1v) is 7.50. The molecular formula is C16H16NO2S+. The van der Waals surface area contributed by atoms with Gasteiger partial charge in [0.1, 0.15) is 0 Å². The van der Waals surface area contributed by atoms with Crippen molar-refractivity contribution in [3.05, 3.63) is 47.3 Å². The Morgan fingerprint density at radius 2 is 1.90 bits per heavy atom. The number of thiophene rings is 1. The summed E-state index contributed by atoms with van der Waals surface area (Å²) in [4.78, 5) is 14.4. The molecule has 0 radical (unpaired) electrons. The zero-order valence-corrected chi connectivity index (χ0v) is 12.1. The first-order valence-electron chi connectivity index (χ1n) is 6.69. The average Bonchev–Trinajstić information content (AvgIpc) is 2.86. The number of aliphatic hydroxyl groups excluding tert-OH is 1. The lowest BCUT2D eigenvalue weighted by molar-refractivity contribution is -0.579. The summed E-state index contributed by atoms with van der Waals surface area (Å²) in [5.74, 6) is 0.212. The van der Waals surface area contributed by atoms with Gasteiger partial charge in [0.05, 0.1) is 0 Å². The molecule has 0 saturated carbocycles. The summed E-state index contributed by atoms with van der Waals surface area (Å²) < 4.78 is 1.72. The zero-order chi connectivity index (χ0) is 14.1. The number of aliphatic hydroxyl groups is 1. The number of rotatable bonds is 2. The van der Waals surface area contributed by atoms with Crippen LogP contribution in [-0.2, 0) is 4.79 Å². The van der Waals surface area contributed by atoms with E-state index < -0.39 is 0 Å². The summed E-state index contributed by atoms with van der Waals surface area (Å²) in [5, 5.41) is 9.92. The van der Waals surface area contributed by atoms with Crippen LogP contribution in [0.25, 0.3) is 16.1 Å². The van der Waals surface area contributed by atoms with Crippen LogP contribution in [0.1, 0.15) is 24.1 Å². The molecule has 0 aliphatic heterocycles. The molecule has 0 aromatic carbocycles. The lowest BCUT2D eigenvalue weighted by Crippen LogP contribution is -2.38. The van der Waals surface area contributed by atoms with Gasteiger partial charge in [0, 0.05) is 40.3 Å². The van der Waals surface area contributed by atoms with E-state index in [-0.39, 0.29) is 11.5 Å². The third kappa shape index (κ3) is 2.39. The predicted molar refractivity (Wildman–Crippen MR) is 79.4 cm³/mol. The first kappa shape index (κ1) is 13.1. The van der Waals surface area contributed by atoms with Crippen molar-refractivity contribution in [1.82, 2.24) is 0 Å². The number of nitrogens with zero attached hydrogens (tertiary/aromatic N) is 1. The van der Waals surface area contributed by atoms with Crippen LogP contribution in [0.2, 0.25) is 0 Å². The Kier molecular flexibility index (Phi) is 3.40. The van der Waals surface area contributed by atoms with E-state index in [1.54, 1.807) is 15.9 Å². The summed E-state index contributed by atoms with van der Waals surface area (Å²) in [6.07, 6.45) is 5.53. The molecule has 102 valence electrons. The van der Waals surface area contributed by atoms with Crippen molar-refractivity contribution in [2.75, 3.05) is 0 Å². The highest BCUT2D eigenvalue weighted by Crippen LogP contribution is 2.27. The number of ketones is 1. The summed E-state index contributed by atoms with van der Waals surface area (Å²) >= 11 is 1.75. The largest absolute Gasteiger partial charge is 0.506 e. The minimum Gasteiger partial charge on any atom is -0.506 e. The first-order chi connectivity index (χ1) is 9.65. The number of carbonyl (C=O) groups excluding carboxylic acids is 1. The fourth-order valence-corrected chi connectivity index (χ4v) is 3.31. The summed E-state index contributed by atoms with van der Waals surface area (Å²) in [7, 11) is 0. The van der Waals surface area contributed by atoms with Crippen LogP contribution in [0.5, 0.6) is 0 Å². The van der Waals surface area contributed by atoms with Crippen LogP contribution in [0.4, 0.5) is 0 Å². The van der Waals surface area contributed by atoms with E-state index in [1.165, 1.54) is 9.75 Å². The monoisotopic (exact) mass is 286 g/mol. The normalized spacial score (nSPS) is 15.8. The van der Waals surface area contributed by atoms with Crippen LogP contribution in [-0.4, -0.2) is 10.9 Å². The molecule has 0 fully saturated rings. The number of Topliss-reactive ketones (excluding diaryl/α,β-unsaturated/α-hetero) is 1. The van der Waals surface area contributed by atoms with E-state index in [4.69, 9.17) is 0 Å². The Morgan fingerprint density at radius 3 is 2.50 bits per heavy atom. The van der Waals surface area contributed by atoms with Gasteiger partial charge in [-0.3, -0.25) is 4.79 Å². The van der Waals surface area contributed by atoms with Gasteiger partial charge < -0.3 is 5.11 Å². The van der Waals surface area contributed by atoms with Gasteiger partial charge in [0.2, 0.25) is 5.78 Å². The third-order valence-corrected chi connectivity index (χ3v) is 4.52. The molecule has 0 atom stereocenters. The zero-order valence-electron chi connectivity index (χ0n) is 11.3. The number of hydrogen-bond donors (Lipinski definition) is 1. The minimum atomic E-state index is 0.0125. The minimum absolute atomic E-state index is 0.0125. The Balaban J connectivity index is 1.95. The van der Waals surface area contributed by atoms with Crippen LogP contribution >= 0.6 is 11.3 Å². The van der Waals surface area contributed by atoms with Crippen LogP contribution < -0.4 is 4.57 Å². The lowest BCUT2D eigenvalue weighted by atomic mass is 10.0. The van der Waals surface area contributed by atoms with Gasteiger partial charge in [0.25, 0.3) is 5.70 Å². The summed E-state index contributed by atoms with van der Waals surface area (Å²) in [6.45, 7) is 2.08. The van der Waals surface area contributed by atoms with E-state index in [1.807, 2.05) is 24.5 Å². The highest BCUT2D eigenvalue weighted by atomic mass is 32.1. The maximum atomic E-state index is 11.9. The van der Waals surface area contributed by atoms with Crippen molar-refractivity contribution < 1.29 is 14.5 Å². The second-order valence-corrected chi connectivity index (χ2v) is 6.26. The number of allylic oxidation sites excluding steroid dienone is 2. The molecule has 2 aromatic rings. The maximum Gasteiger partial charge on any atom is 0.291 e. The van der Waals surface area contributed by atoms with E-state index >= 15 is 0 Å². The molecule has 3 nitrogen and oxygen atoms in total. The van der Waals surface area contributed by atoms with E-state index in [0.717, 1.165) is 12.0 Å². The summed E-state index contributed by atoms with van der Waals surface area (Å²) in [5.41, 5.74) is 1.55. The van der Waals surface area contributed by atoms with E-state index in [9.17, 15) is 9.90 Å². The molecule has 20 heavy (non-hydrogen) atoms. The highest BCUT2D eigenvalue weighted by molar-refractivity contribution is 7.15.